The van der Waals surface area contributed by atoms with E-state index < -0.39 is 0 Å². The molecule has 0 unspecified atom stereocenters. The van der Waals surface area contributed by atoms with E-state index in [1.165, 1.54) is 27.8 Å². The van der Waals surface area contributed by atoms with E-state index in [4.69, 9.17) is 19.4 Å². The fourth-order valence-electron chi connectivity index (χ4n) is 7.39. The molecule has 8 aromatic carbocycles. The van der Waals surface area contributed by atoms with Gasteiger partial charge in [0.2, 0.25) is 0 Å². The number of benzene rings is 8. The smallest absolute Gasteiger partial charge is 0.164 e. The molecule has 0 amide bonds. The fraction of sp³-hybridized carbons (Fsp3) is 0. The molecule has 2 aromatic heterocycles. The molecule has 0 saturated carbocycles. The molecule has 0 aliphatic heterocycles. The van der Waals surface area contributed by atoms with Crippen LogP contribution in [0, 0.1) is 0 Å². The van der Waals surface area contributed by atoms with Gasteiger partial charge in [-0.25, -0.2) is 15.0 Å². The van der Waals surface area contributed by atoms with Crippen LogP contribution in [0.15, 0.2) is 205 Å². The Morgan fingerprint density at radius 2 is 0.691 bits per heavy atom. The Kier molecular flexibility index (Phi) is 8.12. The summed E-state index contributed by atoms with van der Waals surface area (Å²) in [5, 5.41) is 1.99. The van der Waals surface area contributed by atoms with Gasteiger partial charge in [0.1, 0.15) is 11.2 Å². The lowest BCUT2D eigenvalue weighted by Crippen LogP contribution is -2.00. The lowest BCUT2D eigenvalue weighted by Gasteiger charge is -2.12. The summed E-state index contributed by atoms with van der Waals surface area (Å²) in [6.45, 7) is 0. The monoisotopic (exact) mass is 703 g/mol. The van der Waals surface area contributed by atoms with Gasteiger partial charge in [-0.1, -0.05) is 158 Å². The summed E-state index contributed by atoms with van der Waals surface area (Å²) in [5.41, 5.74) is 13.6. The van der Waals surface area contributed by atoms with Crippen molar-refractivity contribution in [3.63, 3.8) is 0 Å². The van der Waals surface area contributed by atoms with Gasteiger partial charge in [-0.3, -0.25) is 0 Å². The lowest BCUT2D eigenvalue weighted by atomic mass is 9.92. The van der Waals surface area contributed by atoms with Crippen molar-refractivity contribution < 1.29 is 4.42 Å². The quantitative estimate of drug-likeness (QED) is 0.166. The maximum absolute atomic E-state index is 6.58. The van der Waals surface area contributed by atoms with Gasteiger partial charge in [-0.2, -0.15) is 0 Å². The summed E-state index contributed by atoms with van der Waals surface area (Å²) in [5.74, 6) is 1.86. The molecule has 10 rings (SSSR count). The Labute approximate surface area is 319 Å². The molecule has 4 heteroatoms. The highest BCUT2D eigenvalue weighted by Gasteiger charge is 2.18. The van der Waals surface area contributed by atoms with Crippen LogP contribution in [0.1, 0.15) is 0 Å². The van der Waals surface area contributed by atoms with Crippen LogP contribution < -0.4 is 0 Å². The number of nitrogens with zero attached hydrogens (tertiary/aromatic N) is 3. The van der Waals surface area contributed by atoms with Gasteiger partial charge in [0.15, 0.2) is 17.5 Å². The van der Waals surface area contributed by atoms with E-state index >= 15 is 0 Å². The molecule has 0 radical (unpaired) electrons. The average Bonchev–Trinajstić information content (AvgIpc) is 3.66. The van der Waals surface area contributed by atoms with Crippen molar-refractivity contribution in [2.75, 3.05) is 0 Å². The third-order valence-electron chi connectivity index (χ3n) is 10.1. The third kappa shape index (κ3) is 6.26. The van der Waals surface area contributed by atoms with Crippen LogP contribution in [0.4, 0.5) is 0 Å². The molecule has 0 spiro atoms. The van der Waals surface area contributed by atoms with Crippen LogP contribution in [-0.4, -0.2) is 15.0 Å². The van der Waals surface area contributed by atoms with Crippen LogP contribution in [0.3, 0.4) is 0 Å². The number of hydrogen-bond acceptors (Lipinski definition) is 4. The van der Waals surface area contributed by atoms with Crippen LogP contribution >= 0.6 is 0 Å². The van der Waals surface area contributed by atoms with E-state index in [0.29, 0.717) is 17.5 Å². The van der Waals surface area contributed by atoms with Gasteiger partial charge in [0.25, 0.3) is 0 Å². The largest absolute Gasteiger partial charge is 0.456 e. The van der Waals surface area contributed by atoms with Gasteiger partial charge in [-0.15, -0.1) is 0 Å². The second-order valence-electron chi connectivity index (χ2n) is 13.6. The van der Waals surface area contributed by atoms with E-state index in [0.717, 1.165) is 55.3 Å². The lowest BCUT2D eigenvalue weighted by molar-refractivity contribution is 0.669. The van der Waals surface area contributed by atoms with Crippen molar-refractivity contribution in [2.45, 2.75) is 0 Å². The van der Waals surface area contributed by atoms with Gasteiger partial charge >= 0.3 is 0 Å². The molecule has 10 aromatic rings. The molecule has 258 valence electrons. The first-order chi connectivity index (χ1) is 27.2. The third-order valence-corrected chi connectivity index (χ3v) is 10.1. The van der Waals surface area contributed by atoms with Crippen molar-refractivity contribution >= 4 is 21.9 Å². The zero-order chi connectivity index (χ0) is 36.6. The summed E-state index contributed by atoms with van der Waals surface area (Å²) in [6.07, 6.45) is 0. The molecule has 0 fully saturated rings. The molecule has 0 saturated heterocycles. The molecular weight excluding hydrogens is 671 g/mol. The van der Waals surface area contributed by atoms with Crippen molar-refractivity contribution in [3.05, 3.63) is 200 Å². The van der Waals surface area contributed by atoms with Crippen LogP contribution in [0.25, 0.3) is 101 Å². The van der Waals surface area contributed by atoms with E-state index in [1.54, 1.807) is 0 Å². The minimum atomic E-state index is 0.602. The predicted molar refractivity (Wildman–Crippen MR) is 225 cm³/mol. The Balaban J connectivity index is 1.07. The predicted octanol–water partition coefficient (Wildman–Crippen LogP) is 13.4. The maximum Gasteiger partial charge on any atom is 0.164 e. The molecule has 0 aliphatic rings. The minimum absolute atomic E-state index is 0.602. The molecular formula is C51H33N3O. The molecule has 55 heavy (non-hydrogen) atoms. The number of fused-ring (bicyclic) bond motifs is 3. The maximum atomic E-state index is 6.58. The van der Waals surface area contributed by atoms with E-state index in [9.17, 15) is 0 Å². The highest BCUT2D eigenvalue weighted by molar-refractivity contribution is 6.12. The van der Waals surface area contributed by atoms with Gasteiger partial charge in [0, 0.05) is 27.5 Å². The second-order valence-corrected chi connectivity index (χ2v) is 13.6. The highest BCUT2D eigenvalue weighted by atomic mass is 16.3. The Morgan fingerprint density at radius 3 is 1.25 bits per heavy atom. The molecule has 4 nitrogen and oxygen atoms in total. The summed E-state index contributed by atoms with van der Waals surface area (Å²) < 4.78 is 6.58. The first kappa shape index (κ1) is 32.2. The Hall–Kier alpha value is -7.43. The fourth-order valence-corrected chi connectivity index (χ4v) is 7.39. The first-order valence-electron chi connectivity index (χ1n) is 18.4. The van der Waals surface area contributed by atoms with Crippen LogP contribution in [0.2, 0.25) is 0 Å². The van der Waals surface area contributed by atoms with Crippen molar-refractivity contribution in [1.29, 1.82) is 0 Å². The zero-order valence-corrected chi connectivity index (χ0v) is 29.8. The Morgan fingerprint density at radius 1 is 0.273 bits per heavy atom. The number of furan rings is 1. The minimum Gasteiger partial charge on any atom is -0.456 e. The van der Waals surface area contributed by atoms with Crippen molar-refractivity contribution in [1.82, 2.24) is 15.0 Å². The SMILES string of the molecule is c1ccc(-c2cc(-c3ccccc3)cc(-c3cccc(-c4ccc5c(c4)oc4cccc(-c6nc(-c7ccccc7)nc(-c7ccccc7)n6)c45)c3)c2)cc1. The molecule has 2 heterocycles. The Bertz CT molecular complexity index is 2840. The van der Waals surface area contributed by atoms with E-state index in [1.807, 2.05) is 72.8 Å². The molecule has 0 N–H and O–H groups in total. The van der Waals surface area contributed by atoms with E-state index in [-0.39, 0.29) is 0 Å². The normalized spacial score (nSPS) is 11.3. The standard InChI is InChI=1S/C51H33N3O/c1-5-15-34(16-6-1)41-30-42(35-17-7-2-8-18-35)32-43(31-41)39-24-13-23-38(29-39)40-27-28-44-47(33-40)55-46-26-14-25-45(48(44)46)51-53-49(36-19-9-3-10-20-36)52-50(54-51)37-21-11-4-12-22-37/h1-33H. The van der Waals surface area contributed by atoms with Gasteiger partial charge in [-0.05, 0) is 87.0 Å². The van der Waals surface area contributed by atoms with Crippen LogP contribution in [-0.2, 0) is 0 Å². The summed E-state index contributed by atoms with van der Waals surface area (Å²) >= 11 is 0. The summed E-state index contributed by atoms with van der Waals surface area (Å²) in [4.78, 5) is 15.0. The van der Waals surface area contributed by atoms with E-state index in [2.05, 4.69) is 127 Å². The number of rotatable bonds is 7. The molecule has 0 atom stereocenters. The van der Waals surface area contributed by atoms with Crippen LogP contribution in [0.5, 0.6) is 0 Å². The highest BCUT2D eigenvalue weighted by Crippen LogP contribution is 2.39. The van der Waals surface area contributed by atoms with Gasteiger partial charge < -0.3 is 4.42 Å². The van der Waals surface area contributed by atoms with Crippen molar-refractivity contribution in [3.8, 4) is 78.7 Å². The zero-order valence-electron chi connectivity index (χ0n) is 29.8. The number of aromatic nitrogens is 3. The molecule has 0 bridgehead atoms. The van der Waals surface area contributed by atoms with Crippen molar-refractivity contribution in [2.24, 2.45) is 0 Å². The summed E-state index contributed by atoms with van der Waals surface area (Å²) in [7, 11) is 0. The average molecular weight is 704 g/mol. The second kappa shape index (κ2) is 13.8. The number of hydrogen-bond donors (Lipinski definition) is 0. The van der Waals surface area contributed by atoms with Gasteiger partial charge in [0.05, 0.1) is 0 Å². The summed E-state index contributed by atoms with van der Waals surface area (Å²) in [6, 6.07) is 69.5. The topological polar surface area (TPSA) is 51.8 Å². The molecule has 0 aliphatic carbocycles. The first-order valence-corrected chi connectivity index (χ1v) is 18.4.